The molecule has 0 aliphatic heterocycles. The maximum Gasteiger partial charge on any atom is 0.322 e. The first-order valence-corrected chi connectivity index (χ1v) is 8.61. The monoisotopic (exact) mass is 499 g/mol. The summed E-state index contributed by atoms with van der Waals surface area (Å²) in [5, 5.41) is 1.22. The minimum absolute atomic E-state index is 0.107. The lowest BCUT2D eigenvalue weighted by Crippen LogP contribution is -2.23. The third-order valence-corrected chi connectivity index (χ3v) is 4.73. The summed E-state index contributed by atoms with van der Waals surface area (Å²) in [6.07, 6.45) is 0. The molecule has 0 saturated heterocycles. The summed E-state index contributed by atoms with van der Waals surface area (Å²) >= 11 is 16.1. The molecule has 0 amide bonds. The molecule has 8 heteroatoms. The van der Waals surface area contributed by atoms with Gasteiger partial charge in [0.15, 0.2) is 5.75 Å². The van der Waals surface area contributed by atoms with E-state index in [1.54, 1.807) is 6.07 Å². The Morgan fingerprint density at radius 3 is 2.76 bits per heavy atom. The van der Waals surface area contributed by atoms with Crippen LogP contribution in [0.3, 0.4) is 0 Å². The van der Waals surface area contributed by atoms with Crippen LogP contribution in [0.4, 0.5) is 0 Å². The standard InChI is InChI=1S/C13H9Br3ClNO3/c1-20-13(19)9(16)5-21-12-8(15)4-7(14)6-2-3-10(17)18-11(6)12/h2-4,9H,5H2,1H3. The summed E-state index contributed by atoms with van der Waals surface area (Å²) in [6, 6.07) is 5.41. The van der Waals surface area contributed by atoms with Gasteiger partial charge >= 0.3 is 5.97 Å². The van der Waals surface area contributed by atoms with Gasteiger partial charge in [-0.05, 0) is 34.1 Å². The average molecular weight is 502 g/mol. The molecule has 0 saturated carbocycles. The van der Waals surface area contributed by atoms with Crippen molar-refractivity contribution in [2.45, 2.75) is 4.83 Å². The Morgan fingerprint density at radius 2 is 2.10 bits per heavy atom. The second kappa shape index (κ2) is 7.26. The molecule has 112 valence electrons. The molecular formula is C13H9Br3ClNO3. The molecule has 0 bridgehead atoms. The zero-order valence-corrected chi connectivity index (χ0v) is 16.2. The Balaban J connectivity index is 2.39. The van der Waals surface area contributed by atoms with Crippen LogP contribution in [0, 0.1) is 0 Å². The van der Waals surface area contributed by atoms with Crippen LogP contribution < -0.4 is 4.74 Å². The van der Waals surface area contributed by atoms with Crippen LogP contribution in [0.15, 0.2) is 27.1 Å². The number of halogens is 4. The van der Waals surface area contributed by atoms with Crippen LogP contribution in [-0.2, 0) is 9.53 Å². The maximum absolute atomic E-state index is 11.4. The largest absolute Gasteiger partial charge is 0.488 e. The molecule has 1 atom stereocenters. The number of ether oxygens (including phenoxy) is 2. The Hall–Kier alpha value is -0.370. The number of hydrogen-bond acceptors (Lipinski definition) is 4. The smallest absolute Gasteiger partial charge is 0.322 e. The van der Waals surface area contributed by atoms with Crippen molar-refractivity contribution in [2.24, 2.45) is 0 Å². The highest BCUT2D eigenvalue weighted by Gasteiger charge is 2.19. The van der Waals surface area contributed by atoms with Gasteiger partial charge in [0.2, 0.25) is 0 Å². The minimum Gasteiger partial charge on any atom is -0.488 e. The van der Waals surface area contributed by atoms with Gasteiger partial charge < -0.3 is 9.47 Å². The van der Waals surface area contributed by atoms with Crippen molar-refractivity contribution in [3.63, 3.8) is 0 Å². The molecule has 1 aromatic heterocycles. The van der Waals surface area contributed by atoms with E-state index in [1.165, 1.54) is 7.11 Å². The van der Waals surface area contributed by atoms with E-state index < -0.39 is 10.8 Å². The van der Waals surface area contributed by atoms with E-state index in [-0.39, 0.29) is 6.61 Å². The maximum atomic E-state index is 11.4. The highest BCUT2D eigenvalue weighted by molar-refractivity contribution is 9.11. The number of aromatic nitrogens is 1. The number of benzene rings is 1. The molecule has 0 radical (unpaired) electrons. The second-order valence-electron chi connectivity index (χ2n) is 4.00. The molecule has 1 heterocycles. The van der Waals surface area contributed by atoms with Gasteiger partial charge in [0.05, 0.1) is 11.6 Å². The Morgan fingerprint density at radius 1 is 1.38 bits per heavy atom. The van der Waals surface area contributed by atoms with E-state index >= 15 is 0 Å². The minimum atomic E-state index is -0.563. The molecule has 0 fully saturated rings. The van der Waals surface area contributed by atoms with E-state index in [1.807, 2.05) is 12.1 Å². The molecule has 0 aliphatic rings. The fraction of sp³-hybridized carbons (Fsp3) is 0.231. The number of rotatable bonds is 4. The lowest BCUT2D eigenvalue weighted by atomic mass is 10.2. The number of carbonyl (C=O) groups excluding carboxylic acids is 1. The summed E-state index contributed by atoms with van der Waals surface area (Å²) in [5.74, 6) is 0.114. The van der Waals surface area contributed by atoms with Crippen LogP contribution in [0.25, 0.3) is 10.9 Å². The van der Waals surface area contributed by atoms with E-state index in [2.05, 4.69) is 57.5 Å². The number of methoxy groups -OCH3 is 1. The van der Waals surface area contributed by atoms with Crippen LogP contribution in [0.5, 0.6) is 5.75 Å². The lowest BCUT2D eigenvalue weighted by Gasteiger charge is -2.14. The average Bonchev–Trinajstić information content (AvgIpc) is 2.45. The fourth-order valence-electron chi connectivity index (χ4n) is 1.66. The summed E-state index contributed by atoms with van der Waals surface area (Å²) in [4.78, 5) is 15.1. The van der Waals surface area contributed by atoms with Gasteiger partial charge in [0.25, 0.3) is 0 Å². The topological polar surface area (TPSA) is 48.4 Å². The van der Waals surface area contributed by atoms with Crippen LogP contribution in [0.1, 0.15) is 0 Å². The van der Waals surface area contributed by atoms with Crippen molar-refractivity contribution in [3.8, 4) is 5.75 Å². The Bertz CT molecular complexity index is 696. The first-order chi connectivity index (χ1) is 9.93. The number of carbonyl (C=O) groups is 1. The highest BCUT2D eigenvalue weighted by Crippen LogP contribution is 2.38. The fourth-order valence-corrected chi connectivity index (χ4v) is 3.51. The molecule has 0 N–H and O–H groups in total. The lowest BCUT2D eigenvalue weighted by molar-refractivity contribution is -0.140. The first-order valence-electron chi connectivity index (χ1n) is 5.73. The predicted octanol–water partition coefficient (Wildman–Crippen LogP) is 4.73. The van der Waals surface area contributed by atoms with Crippen molar-refractivity contribution >= 4 is 76.3 Å². The van der Waals surface area contributed by atoms with Gasteiger partial charge in [-0.1, -0.05) is 43.5 Å². The van der Waals surface area contributed by atoms with Crippen molar-refractivity contribution in [1.29, 1.82) is 0 Å². The number of pyridine rings is 1. The van der Waals surface area contributed by atoms with Gasteiger partial charge in [0.1, 0.15) is 22.1 Å². The highest BCUT2D eigenvalue weighted by atomic mass is 79.9. The van der Waals surface area contributed by atoms with Gasteiger partial charge in [-0.15, -0.1) is 0 Å². The molecular weight excluding hydrogens is 493 g/mol. The van der Waals surface area contributed by atoms with E-state index in [0.29, 0.717) is 20.9 Å². The molecule has 1 aromatic carbocycles. The number of fused-ring (bicyclic) bond motifs is 1. The normalized spacial score (nSPS) is 12.2. The van der Waals surface area contributed by atoms with Crippen LogP contribution >= 0.6 is 59.4 Å². The van der Waals surface area contributed by atoms with Crippen LogP contribution in [-0.4, -0.2) is 29.5 Å². The van der Waals surface area contributed by atoms with Crippen LogP contribution in [0.2, 0.25) is 5.15 Å². The Labute approximate surface area is 151 Å². The summed E-state index contributed by atoms with van der Waals surface area (Å²) in [5.41, 5.74) is 0.605. The van der Waals surface area contributed by atoms with Gasteiger partial charge in [-0.2, -0.15) is 0 Å². The molecule has 2 rings (SSSR count). The van der Waals surface area contributed by atoms with Crippen molar-refractivity contribution < 1.29 is 14.3 Å². The van der Waals surface area contributed by atoms with Gasteiger partial charge in [0, 0.05) is 9.86 Å². The first kappa shape index (κ1) is 17.0. The molecule has 2 aromatic rings. The van der Waals surface area contributed by atoms with E-state index in [4.69, 9.17) is 16.3 Å². The number of alkyl halides is 1. The van der Waals surface area contributed by atoms with Crippen molar-refractivity contribution in [1.82, 2.24) is 4.98 Å². The molecule has 0 spiro atoms. The summed E-state index contributed by atoms with van der Waals surface area (Å²) in [6.45, 7) is 0.107. The zero-order chi connectivity index (χ0) is 15.6. The molecule has 0 aliphatic carbocycles. The quantitative estimate of drug-likeness (QED) is 0.345. The number of nitrogens with zero attached hydrogens (tertiary/aromatic N) is 1. The zero-order valence-electron chi connectivity index (χ0n) is 10.7. The summed E-state index contributed by atoms with van der Waals surface area (Å²) in [7, 11) is 1.32. The predicted molar refractivity (Wildman–Crippen MR) is 92.4 cm³/mol. The molecule has 4 nitrogen and oxygen atoms in total. The number of esters is 1. The van der Waals surface area contributed by atoms with Gasteiger partial charge in [-0.3, -0.25) is 4.79 Å². The third kappa shape index (κ3) is 3.88. The van der Waals surface area contributed by atoms with E-state index in [0.717, 1.165) is 9.86 Å². The van der Waals surface area contributed by atoms with E-state index in [9.17, 15) is 4.79 Å². The second-order valence-corrected chi connectivity index (χ2v) is 7.20. The summed E-state index contributed by atoms with van der Waals surface area (Å²) < 4.78 is 11.9. The Kier molecular flexibility index (Phi) is 5.88. The van der Waals surface area contributed by atoms with Crippen molar-refractivity contribution in [2.75, 3.05) is 13.7 Å². The molecule has 1 unspecified atom stereocenters. The van der Waals surface area contributed by atoms with Crippen molar-refractivity contribution in [3.05, 3.63) is 32.3 Å². The molecule has 21 heavy (non-hydrogen) atoms. The van der Waals surface area contributed by atoms with Gasteiger partial charge in [-0.25, -0.2) is 4.98 Å². The number of hydrogen-bond donors (Lipinski definition) is 0. The SMILES string of the molecule is COC(=O)C(Br)COc1c(Br)cc(Br)c2ccc(Cl)nc12. The third-order valence-electron chi connectivity index (χ3n) is 2.63.